The molecule has 5 rings (SSSR count). The fraction of sp³-hybridized carbons (Fsp3) is 0.296. The number of nitriles is 1. The van der Waals surface area contributed by atoms with Crippen LogP contribution in [0.3, 0.4) is 0 Å². The van der Waals surface area contributed by atoms with Crippen molar-refractivity contribution >= 4 is 45.6 Å². The molecule has 0 saturated heterocycles. The molecule has 1 aliphatic carbocycles. The van der Waals surface area contributed by atoms with E-state index in [0.29, 0.717) is 45.1 Å². The van der Waals surface area contributed by atoms with Gasteiger partial charge in [-0.05, 0) is 43.0 Å². The summed E-state index contributed by atoms with van der Waals surface area (Å²) in [5.74, 6) is -0.404. The molecule has 0 fully saturated rings. The van der Waals surface area contributed by atoms with Crippen LogP contribution in [0, 0.1) is 29.5 Å². The third-order valence-corrected chi connectivity index (χ3v) is 8.53. The van der Waals surface area contributed by atoms with E-state index in [-0.39, 0.29) is 34.0 Å². The van der Waals surface area contributed by atoms with Crippen LogP contribution in [0.4, 0.5) is 15.2 Å². The molecule has 0 saturated carbocycles. The summed E-state index contributed by atoms with van der Waals surface area (Å²) in [4.78, 5) is 27.5. The van der Waals surface area contributed by atoms with Crippen molar-refractivity contribution in [2.24, 2.45) is 11.1 Å². The average Bonchev–Trinajstić information content (AvgIpc) is 3.51. The SMILES string of the molecule is Cc1ccc(C2C(C#N)=C(N)N(c3nnc(SCC(=O)Nc4ccccc4F)s3)C3=C2C(=O)CC(C)(C)C3)o1. The molecule has 1 unspecified atom stereocenters. The number of nitrogens with two attached hydrogens (primary N) is 1. The number of aryl methyl sites for hydroxylation is 1. The Labute approximate surface area is 232 Å². The lowest BCUT2D eigenvalue weighted by Gasteiger charge is -2.42. The third kappa shape index (κ3) is 5.20. The highest BCUT2D eigenvalue weighted by Crippen LogP contribution is 2.50. The van der Waals surface area contributed by atoms with Crippen LogP contribution >= 0.6 is 23.1 Å². The van der Waals surface area contributed by atoms with E-state index in [9.17, 15) is 19.2 Å². The van der Waals surface area contributed by atoms with Gasteiger partial charge in [0.1, 0.15) is 23.2 Å². The number of nitrogens with zero attached hydrogens (tertiary/aromatic N) is 4. The van der Waals surface area contributed by atoms with Gasteiger partial charge in [-0.25, -0.2) is 4.39 Å². The van der Waals surface area contributed by atoms with Gasteiger partial charge in [0, 0.05) is 17.7 Å². The van der Waals surface area contributed by atoms with Gasteiger partial charge in [0.25, 0.3) is 0 Å². The first-order valence-corrected chi connectivity index (χ1v) is 13.9. The standard InChI is InChI=1S/C27H25FN6O3S2/c1-14-8-9-20(37-14)22-15(12-29)24(30)34(18-10-27(2,3)11-19(35)23(18)22)25-32-33-26(39-25)38-13-21(36)31-17-7-5-4-6-16(17)28/h4-9,22H,10-11,13,30H2,1-3H3,(H,31,36). The molecule has 0 bridgehead atoms. The summed E-state index contributed by atoms with van der Waals surface area (Å²) in [5, 5.41) is 21.5. The Morgan fingerprint density at radius 1 is 1.31 bits per heavy atom. The second-order valence-corrected chi connectivity index (χ2v) is 12.3. The minimum atomic E-state index is -0.706. The van der Waals surface area contributed by atoms with E-state index in [1.54, 1.807) is 36.1 Å². The van der Waals surface area contributed by atoms with Crippen LogP contribution in [0.1, 0.15) is 44.1 Å². The maximum Gasteiger partial charge on any atom is 0.234 e. The van der Waals surface area contributed by atoms with E-state index >= 15 is 0 Å². The van der Waals surface area contributed by atoms with Gasteiger partial charge in [0.15, 0.2) is 10.1 Å². The largest absolute Gasteiger partial charge is 0.465 e. The summed E-state index contributed by atoms with van der Waals surface area (Å²) in [5.41, 5.74) is 7.70. The monoisotopic (exact) mass is 564 g/mol. The lowest BCUT2D eigenvalue weighted by Crippen LogP contribution is -2.42. The molecule has 9 nitrogen and oxygen atoms in total. The summed E-state index contributed by atoms with van der Waals surface area (Å²) in [6, 6.07) is 11.7. The maximum atomic E-state index is 13.9. The lowest BCUT2D eigenvalue weighted by molar-refractivity contribution is -0.118. The molecule has 1 amide bonds. The first-order chi connectivity index (χ1) is 18.6. The molecule has 12 heteroatoms. The van der Waals surface area contributed by atoms with Crippen molar-refractivity contribution in [3.05, 3.63) is 76.4 Å². The van der Waals surface area contributed by atoms with Crippen molar-refractivity contribution in [1.29, 1.82) is 5.26 Å². The fourth-order valence-electron chi connectivity index (χ4n) is 4.85. The molecule has 1 aliphatic heterocycles. The second-order valence-electron chi connectivity index (χ2n) is 10.1. The highest BCUT2D eigenvalue weighted by atomic mass is 32.2. The van der Waals surface area contributed by atoms with Crippen molar-refractivity contribution < 1.29 is 18.4 Å². The number of nitrogens with one attached hydrogen (secondary N) is 1. The van der Waals surface area contributed by atoms with Crippen molar-refractivity contribution in [3.63, 3.8) is 0 Å². The molecule has 3 heterocycles. The summed E-state index contributed by atoms with van der Waals surface area (Å²) in [6.45, 7) is 5.82. The quantitative estimate of drug-likeness (QED) is 0.384. The molecular weight excluding hydrogens is 539 g/mol. The number of Topliss-reactive ketones (excluding diaryl/α,β-unsaturated/α-hetero) is 1. The van der Waals surface area contributed by atoms with Crippen LogP contribution in [0.5, 0.6) is 0 Å². The Kier molecular flexibility index (Phi) is 7.05. The van der Waals surface area contributed by atoms with Gasteiger partial charge in [-0.3, -0.25) is 14.5 Å². The van der Waals surface area contributed by atoms with Crippen molar-refractivity contribution in [3.8, 4) is 6.07 Å². The summed E-state index contributed by atoms with van der Waals surface area (Å²) >= 11 is 2.33. The zero-order valence-corrected chi connectivity index (χ0v) is 23.1. The van der Waals surface area contributed by atoms with Gasteiger partial charge >= 0.3 is 0 Å². The molecule has 1 atom stereocenters. The van der Waals surface area contributed by atoms with Crippen LogP contribution < -0.4 is 16.0 Å². The number of anilines is 2. The number of benzene rings is 1. The van der Waals surface area contributed by atoms with Crippen molar-refractivity contribution in [2.45, 2.75) is 43.9 Å². The minimum Gasteiger partial charge on any atom is -0.465 e. The average molecular weight is 565 g/mol. The van der Waals surface area contributed by atoms with Crippen LogP contribution in [0.25, 0.3) is 0 Å². The lowest BCUT2D eigenvalue weighted by atomic mass is 9.69. The summed E-state index contributed by atoms with van der Waals surface area (Å²) in [7, 11) is 0. The van der Waals surface area contributed by atoms with Gasteiger partial charge in [0.2, 0.25) is 11.0 Å². The summed E-state index contributed by atoms with van der Waals surface area (Å²) < 4.78 is 20.2. The molecule has 1 aromatic carbocycles. The van der Waals surface area contributed by atoms with Gasteiger partial charge in [-0.1, -0.05) is 49.1 Å². The Hall–Kier alpha value is -3.95. The highest BCUT2D eigenvalue weighted by molar-refractivity contribution is 8.01. The third-order valence-electron chi connectivity index (χ3n) is 6.49. The van der Waals surface area contributed by atoms with Gasteiger partial charge in [0.05, 0.1) is 29.0 Å². The predicted octanol–water partition coefficient (Wildman–Crippen LogP) is 5.25. The number of furan rings is 1. The second kappa shape index (κ2) is 10.3. The first kappa shape index (κ1) is 26.6. The molecule has 39 heavy (non-hydrogen) atoms. The van der Waals surface area contributed by atoms with E-state index in [1.807, 2.05) is 13.8 Å². The number of para-hydroxylation sites is 1. The van der Waals surface area contributed by atoms with E-state index in [0.717, 1.165) is 11.8 Å². The molecule has 2 aromatic heterocycles. The first-order valence-electron chi connectivity index (χ1n) is 12.1. The minimum absolute atomic E-state index is 0.0167. The van der Waals surface area contributed by atoms with Crippen LogP contribution in [-0.4, -0.2) is 27.6 Å². The normalized spacial score (nSPS) is 18.7. The zero-order chi connectivity index (χ0) is 27.9. The number of allylic oxidation sites excluding steroid dienone is 3. The van der Waals surface area contributed by atoms with Gasteiger partial charge in [-0.15, -0.1) is 10.2 Å². The number of amides is 1. The smallest absolute Gasteiger partial charge is 0.234 e. The van der Waals surface area contributed by atoms with Gasteiger partial charge in [-0.2, -0.15) is 5.26 Å². The Morgan fingerprint density at radius 3 is 2.77 bits per heavy atom. The maximum absolute atomic E-state index is 13.9. The topological polar surface area (TPSA) is 138 Å². The molecular formula is C27H25FN6O3S2. The summed E-state index contributed by atoms with van der Waals surface area (Å²) in [6.07, 6.45) is 0.847. The van der Waals surface area contributed by atoms with E-state index < -0.39 is 17.6 Å². The number of thioether (sulfide) groups is 1. The molecule has 3 aromatic rings. The number of carbonyl (C=O) groups is 2. The Bertz CT molecular complexity index is 1580. The molecule has 0 radical (unpaired) electrons. The Morgan fingerprint density at radius 2 is 2.08 bits per heavy atom. The number of hydrogen-bond acceptors (Lipinski definition) is 10. The highest BCUT2D eigenvalue weighted by Gasteiger charge is 2.46. The predicted molar refractivity (Wildman–Crippen MR) is 146 cm³/mol. The van der Waals surface area contributed by atoms with Crippen LogP contribution in [0.15, 0.2) is 67.8 Å². The van der Waals surface area contributed by atoms with E-state index in [1.165, 1.54) is 23.5 Å². The number of halogens is 1. The molecule has 200 valence electrons. The number of aromatic nitrogens is 2. The van der Waals surface area contributed by atoms with Crippen LogP contribution in [-0.2, 0) is 9.59 Å². The molecule has 0 spiro atoms. The molecule has 3 N–H and O–H groups in total. The van der Waals surface area contributed by atoms with Crippen molar-refractivity contribution in [1.82, 2.24) is 10.2 Å². The molecule has 2 aliphatic rings. The van der Waals surface area contributed by atoms with Crippen molar-refractivity contribution in [2.75, 3.05) is 16.0 Å². The van der Waals surface area contributed by atoms with Gasteiger partial charge < -0.3 is 15.5 Å². The number of carbonyl (C=O) groups excluding carboxylic acids is 2. The number of rotatable bonds is 6. The zero-order valence-electron chi connectivity index (χ0n) is 21.4. The van der Waals surface area contributed by atoms with E-state index in [4.69, 9.17) is 10.2 Å². The van der Waals surface area contributed by atoms with Crippen LogP contribution in [0.2, 0.25) is 0 Å². The van der Waals surface area contributed by atoms with E-state index in [2.05, 4.69) is 21.6 Å². The number of ketones is 1. The number of hydrogen-bond donors (Lipinski definition) is 2. The fourth-order valence-corrected chi connectivity index (χ4v) is 6.53. The Balaban J connectivity index is 1.46.